The summed E-state index contributed by atoms with van der Waals surface area (Å²) in [5.41, 5.74) is 3.19. The first-order valence-corrected chi connectivity index (χ1v) is 8.89. The van der Waals surface area contributed by atoms with Gasteiger partial charge in [0.25, 0.3) is 0 Å². The van der Waals surface area contributed by atoms with Crippen LogP contribution in [-0.4, -0.2) is 25.0 Å². The van der Waals surface area contributed by atoms with Crippen molar-refractivity contribution in [2.24, 2.45) is 0 Å². The van der Waals surface area contributed by atoms with Gasteiger partial charge in [0.05, 0.1) is 13.2 Å². The van der Waals surface area contributed by atoms with Gasteiger partial charge < -0.3 is 9.47 Å². The van der Waals surface area contributed by atoms with Crippen molar-refractivity contribution >= 4 is 17.8 Å². The van der Waals surface area contributed by atoms with Crippen molar-refractivity contribution in [3.05, 3.63) is 72.8 Å². The average molecular weight is 364 g/mol. The lowest BCUT2D eigenvalue weighted by Gasteiger charge is -2.08. The fraction of sp³-hybridized carbons (Fsp3) is 0.217. The van der Waals surface area contributed by atoms with Crippen molar-refractivity contribution in [1.82, 2.24) is 0 Å². The van der Waals surface area contributed by atoms with Gasteiger partial charge in [-0.25, -0.2) is 4.79 Å². The first-order chi connectivity index (χ1) is 13.1. The largest absolute Gasteiger partial charge is 0.494 e. The zero-order valence-corrected chi connectivity index (χ0v) is 15.5. The van der Waals surface area contributed by atoms with E-state index in [2.05, 4.69) is 6.58 Å². The Bertz CT molecular complexity index is 786. The van der Waals surface area contributed by atoms with Crippen molar-refractivity contribution in [2.45, 2.75) is 19.8 Å². The Balaban J connectivity index is 1.80. The van der Waals surface area contributed by atoms with E-state index in [0.29, 0.717) is 13.2 Å². The molecule has 0 spiro atoms. The van der Waals surface area contributed by atoms with Crippen molar-refractivity contribution in [3.8, 4) is 16.9 Å². The van der Waals surface area contributed by atoms with Crippen LogP contribution in [0.1, 0.15) is 25.3 Å². The Morgan fingerprint density at radius 2 is 1.52 bits per heavy atom. The third-order valence-electron chi connectivity index (χ3n) is 3.83. The van der Waals surface area contributed by atoms with Crippen molar-refractivity contribution in [1.29, 1.82) is 0 Å². The van der Waals surface area contributed by atoms with Gasteiger partial charge in [-0.15, -0.1) is 0 Å². The smallest absolute Gasteiger partial charge is 0.330 e. The molecule has 2 aromatic rings. The van der Waals surface area contributed by atoms with Crippen molar-refractivity contribution in [2.75, 3.05) is 13.2 Å². The van der Waals surface area contributed by atoms with E-state index in [-0.39, 0.29) is 5.78 Å². The Hall–Kier alpha value is -3.14. The fourth-order valence-electron chi connectivity index (χ4n) is 2.37. The molecule has 4 nitrogen and oxygen atoms in total. The number of rotatable bonds is 10. The number of allylic oxidation sites excluding steroid dienone is 1. The number of hydrogen-bond acceptors (Lipinski definition) is 4. The van der Waals surface area contributed by atoms with E-state index in [4.69, 9.17) is 9.47 Å². The number of unbranched alkanes of at least 4 members (excludes halogenated alkanes) is 1. The van der Waals surface area contributed by atoms with Gasteiger partial charge >= 0.3 is 5.97 Å². The molecule has 0 atom stereocenters. The highest BCUT2D eigenvalue weighted by atomic mass is 16.5. The molecule has 2 aromatic carbocycles. The molecule has 0 heterocycles. The number of ketones is 1. The van der Waals surface area contributed by atoms with Crippen molar-refractivity contribution in [3.63, 3.8) is 0 Å². The molecular weight excluding hydrogens is 340 g/mol. The molecule has 0 radical (unpaired) electrons. The minimum absolute atomic E-state index is 0.0347. The van der Waals surface area contributed by atoms with Gasteiger partial charge in [0, 0.05) is 6.08 Å². The molecule has 0 aromatic heterocycles. The predicted molar refractivity (Wildman–Crippen MR) is 107 cm³/mol. The summed E-state index contributed by atoms with van der Waals surface area (Å²) >= 11 is 0. The number of carbonyl (C=O) groups is 2. The van der Waals surface area contributed by atoms with Crippen LogP contribution < -0.4 is 4.74 Å². The minimum atomic E-state index is -0.394. The van der Waals surface area contributed by atoms with E-state index in [1.807, 2.05) is 48.5 Å². The van der Waals surface area contributed by atoms with E-state index in [1.54, 1.807) is 12.2 Å². The molecule has 140 valence electrons. The number of benzene rings is 2. The molecule has 0 N–H and O–H groups in total. The third kappa shape index (κ3) is 7.32. The molecule has 0 saturated heterocycles. The van der Waals surface area contributed by atoms with Crippen LogP contribution in [0.5, 0.6) is 5.75 Å². The highest BCUT2D eigenvalue weighted by molar-refractivity contribution is 5.91. The molecule has 0 fully saturated rings. The van der Waals surface area contributed by atoms with E-state index in [9.17, 15) is 9.59 Å². The predicted octanol–water partition coefficient (Wildman–Crippen LogP) is 4.84. The molecule has 0 aliphatic carbocycles. The fourth-order valence-corrected chi connectivity index (χ4v) is 2.37. The Kier molecular flexibility index (Phi) is 8.04. The maximum absolute atomic E-state index is 11.0. The second-order valence-corrected chi connectivity index (χ2v) is 6.02. The molecular formula is C23H24O4. The van der Waals surface area contributed by atoms with Crippen molar-refractivity contribution < 1.29 is 19.1 Å². The topological polar surface area (TPSA) is 52.6 Å². The van der Waals surface area contributed by atoms with E-state index in [1.165, 1.54) is 6.92 Å². The molecule has 0 aliphatic heterocycles. The summed E-state index contributed by atoms with van der Waals surface area (Å²) in [6.07, 6.45) is 6.09. The van der Waals surface area contributed by atoms with Crippen LogP contribution in [0.15, 0.2) is 67.3 Å². The molecule has 0 saturated carbocycles. The average Bonchev–Trinajstić information content (AvgIpc) is 2.69. The highest BCUT2D eigenvalue weighted by Gasteiger charge is 2.00. The van der Waals surface area contributed by atoms with Gasteiger partial charge in [-0.1, -0.05) is 49.1 Å². The van der Waals surface area contributed by atoms with Crippen LogP contribution in [0.25, 0.3) is 17.2 Å². The Labute approximate surface area is 160 Å². The molecule has 0 aliphatic rings. The number of hydrogen-bond donors (Lipinski definition) is 0. The molecule has 2 rings (SSSR count). The summed E-state index contributed by atoms with van der Waals surface area (Å²) in [6.45, 7) is 5.83. The first-order valence-electron chi connectivity index (χ1n) is 8.89. The number of ether oxygens (including phenoxy) is 2. The molecule has 0 bridgehead atoms. The summed E-state index contributed by atoms with van der Waals surface area (Å²) in [7, 11) is 0. The van der Waals surface area contributed by atoms with Gasteiger partial charge in [-0.3, -0.25) is 4.79 Å². The molecule has 4 heteroatoms. The van der Waals surface area contributed by atoms with Crippen LogP contribution in [0.4, 0.5) is 0 Å². The maximum atomic E-state index is 11.0. The van der Waals surface area contributed by atoms with Gasteiger partial charge in [0.15, 0.2) is 5.78 Å². The Morgan fingerprint density at radius 3 is 2.11 bits per heavy atom. The third-order valence-corrected chi connectivity index (χ3v) is 3.83. The standard InChI is InChI=1S/C23H24O4/c1-3-23(25)27-17-5-4-16-26-22-14-12-21(13-15-22)20-10-8-19(9-11-20)7-6-18(2)24/h3,6-15H,1,4-5,16-17H2,2H3/b7-6+. The maximum Gasteiger partial charge on any atom is 0.330 e. The molecule has 0 unspecified atom stereocenters. The number of carbonyl (C=O) groups excluding carboxylic acids is 2. The van der Waals surface area contributed by atoms with Gasteiger partial charge in [0.2, 0.25) is 0 Å². The first kappa shape index (κ1) is 20.2. The second kappa shape index (κ2) is 10.8. The lowest BCUT2D eigenvalue weighted by Crippen LogP contribution is -2.04. The van der Waals surface area contributed by atoms with Gasteiger partial charge in [-0.2, -0.15) is 0 Å². The second-order valence-electron chi connectivity index (χ2n) is 6.02. The van der Waals surface area contributed by atoms with Crippen LogP contribution in [-0.2, 0) is 14.3 Å². The van der Waals surface area contributed by atoms with Gasteiger partial charge in [-0.05, 0) is 54.7 Å². The normalized spacial score (nSPS) is 10.6. The number of esters is 1. The summed E-state index contributed by atoms with van der Waals surface area (Å²) in [5.74, 6) is 0.449. The molecule has 27 heavy (non-hydrogen) atoms. The van der Waals surface area contributed by atoms with Crippen LogP contribution in [0, 0.1) is 0 Å². The van der Waals surface area contributed by atoms with E-state index in [0.717, 1.165) is 41.4 Å². The van der Waals surface area contributed by atoms with Crippen LogP contribution in [0.3, 0.4) is 0 Å². The summed E-state index contributed by atoms with van der Waals surface area (Å²) < 4.78 is 10.6. The summed E-state index contributed by atoms with van der Waals surface area (Å²) in [6, 6.07) is 15.9. The van der Waals surface area contributed by atoms with Crippen LogP contribution >= 0.6 is 0 Å². The van der Waals surface area contributed by atoms with E-state index < -0.39 is 5.97 Å². The monoisotopic (exact) mass is 364 g/mol. The minimum Gasteiger partial charge on any atom is -0.494 e. The quantitative estimate of drug-likeness (QED) is 0.344. The summed E-state index contributed by atoms with van der Waals surface area (Å²) in [5, 5.41) is 0. The van der Waals surface area contributed by atoms with E-state index >= 15 is 0 Å². The summed E-state index contributed by atoms with van der Waals surface area (Å²) in [4.78, 5) is 21.9. The zero-order valence-electron chi connectivity index (χ0n) is 15.5. The zero-order chi connectivity index (χ0) is 19.5. The lowest BCUT2D eigenvalue weighted by molar-refractivity contribution is -0.137. The highest BCUT2D eigenvalue weighted by Crippen LogP contribution is 2.23. The molecule has 0 amide bonds. The van der Waals surface area contributed by atoms with Gasteiger partial charge in [0.1, 0.15) is 5.75 Å². The lowest BCUT2D eigenvalue weighted by atomic mass is 10.0. The SMILES string of the molecule is C=CC(=O)OCCCCOc1ccc(-c2ccc(/C=C/C(C)=O)cc2)cc1. The Morgan fingerprint density at radius 1 is 0.926 bits per heavy atom. The van der Waals surface area contributed by atoms with Crippen LogP contribution in [0.2, 0.25) is 0 Å².